The number of para-hydroxylation sites is 2. The number of halogens is 3. The van der Waals surface area contributed by atoms with E-state index in [9.17, 15) is 17.4 Å². The Bertz CT molecular complexity index is 838. The average Bonchev–Trinajstić information content (AvgIpc) is 2.99. The summed E-state index contributed by atoms with van der Waals surface area (Å²) in [6.07, 6.45) is -4.08. The van der Waals surface area contributed by atoms with Crippen molar-refractivity contribution in [3.63, 3.8) is 0 Å². The van der Waals surface area contributed by atoms with Crippen LogP contribution in [0.5, 0.6) is 0 Å². The lowest BCUT2D eigenvalue weighted by Crippen LogP contribution is -2.22. The number of aromatic nitrogens is 2. The number of aromatic amines is 1. The molecule has 1 unspecified atom stereocenters. The second kappa shape index (κ2) is 6.99. The number of benzene rings is 1. The maximum atomic E-state index is 12.5. The zero-order chi connectivity index (χ0) is 18.0. The summed E-state index contributed by atoms with van der Waals surface area (Å²) >= 11 is 0. The largest absolute Gasteiger partial charge is 0.488 e. The zero-order valence-corrected chi connectivity index (χ0v) is 14.2. The molecule has 1 aromatic carbocycles. The first kappa shape index (κ1) is 17.7. The maximum absolute atomic E-state index is 12.5. The molecule has 2 aromatic rings. The third-order valence-corrected chi connectivity index (χ3v) is 4.91. The molecule has 0 radical (unpaired) electrons. The molecule has 0 spiro atoms. The van der Waals surface area contributed by atoms with E-state index in [1.807, 2.05) is 18.2 Å². The number of fused-ring (bicyclic) bond motifs is 1. The molecule has 134 valence electrons. The predicted molar refractivity (Wildman–Crippen MR) is 89.0 cm³/mol. The van der Waals surface area contributed by atoms with Crippen LogP contribution in [0.3, 0.4) is 0 Å². The summed E-state index contributed by atoms with van der Waals surface area (Å²) in [6.45, 7) is 0.621. The van der Waals surface area contributed by atoms with Gasteiger partial charge in [0.1, 0.15) is 5.76 Å². The smallest absolute Gasteiger partial charge is 0.422 e. The molecule has 0 amide bonds. The summed E-state index contributed by atoms with van der Waals surface area (Å²) in [5, 5.41) is 0.319. The van der Waals surface area contributed by atoms with Crippen molar-refractivity contribution in [2.24, 2.45) is 4.99 Å². The van der Waals surface area contributed by atoms with Gasteiger partial charge in [-0.1, -0.05) is 12.1 Å². The highest BCUT2D eigenvalue weighted by atomic mass is 32.2. The van der Waals surface area contributed by atoms with Gasteiger partial charge < -0.3 is 9.72 Å². The van der Waals surface area contributed by atoms with Crippen LogP contribution in [0.15, 0.2) is 45.7 Å². The number of hydrogen-bond donors (Lipinski definition) is 1. The molecule has 5 nitrogen and oxygen atoms in total. The van der Waals surface area contributed by atoms with E-state index in [0.717, 1.165) is 5.52 Å². The minimum absolute atomic E-state index is 0.0739. The van der Waals surface area contributed by atoms with E-state index in [2.05, 4.69) is 15.0 Å². The Labute approximate surface area is 144 Å². The van der Waals surface area contributed by atoms with Crippen molar-refractivity contribution in [1.82, 2.24) is 9.97 Å². The number of H-pyrrole nitrogens is 1. The second-order valence-electron chi connectivity index (χ2n) is 5.58. The molecule has 0 saturated carbocycles. The fourth-order valence-corrected chi connectivity index (χ4v) is 3.61. The summed E-state index contributed by atoms with van der Waals surface area (Å²) in [4.78, 5) is 11.6. The highest BCUT2D eigenvalue weighted by molar-refractivity contribution is 7.85. The van der Waals surface area contributed by atoms with E-state index in [-0.39, 0.29) is 11.5 Å². The SMILES string of the molecule is CC1=C(OCC(F)(F)F)CCN=C1CS(=O)c1nc2ccccc2[nH]1. The Morgan fingerprint density at radius 1 is 1.32 bits per heavy atom. The van der Waals surface area contributed by atoms with E-state index in [1.54, 1.807) is 13.0 Å². The molecule has 25 heavy (non-hydrogen) atoms. The predicted octanol–water partition coefficient (Wildman–Crippen LogP) is 3.37. The van der Waals surface area contributed by atoms with Gasteiger partial charge in [-0.2, -0.15) is 13.2 Å². The van der Waals surface area contributed by atoms with Gasteiger partial charge in [-0.25, -0.2) is 4.98 Å². The number of nitrogens with one attached hydrogen (secondary N) is 1. The fourth-order valence-electron chi connectivity index (χ4n) is 2.49. The normalized spacial score (nSPS) is 16.9. The highest BCUT2D eigenvalue weighted by Crippen LogP contribution is 2.23. The molecule has 1 aromatic heterocycles. The van der Waals surface area contributed by atoms with Gasteiger partial charge in [-0.05, 0) is 19.1 Å². The zero-order valence-electron chi connectivity index (χ0n) is 13.4. The quantitative estimate of drug-likeness (QED) is 0.876. The van der Waals surface area contributed by atoms with Crippen molar-refractivity contribution in [2.75, 3.05) is 18.9 Å². The molecule has 0 saturated heterocycles. The standard InChI is InChI=1S/C16H16F3N3O2S/c1-10-13(20-7-6-14(10)24-9-16(17,18)19)8-25(23)15-21-11-4-2-3-5-12(11)22-15/h2-5H,6-9H2,1H3,(H,21,22). The van der Waals surface area contributed by atoms with Gasteiger partial charge in [0.05, 0.1) is 33.3 Å². The number of ether oxygens (including phenoxy) is 1. The second-order valence-corrected chi connectivity index (χ2v) is 6.95. The number of alkyl halides is 3. The molecule has 9 heteroatoms. The van der Waals surface area contributed by atoms with Crippen LogP contribution < -0.4 is 0 Å². The Morgan fingerprint density at radius 3 is 2.80 bits per heavy atom. The fraction of sp³-hybridized carbons (Fsp3) is 0.375. The van der Waals surface area contributed by atoms with Crippen LogP contribution in [-0.4, -0.2) is 45.0 Å². The average molecular weight is 371 g/mol. The monoisotopic (exact) mass is 371 g/mol. The summed E-state index contributed by atoms with van der Waals surface area (Å²) < 4.78 is 54.4. The van der Waals surface area contributed by atoms with Gasteiger partial charge in [0, 0.05) is 18.5 Å². The van der Waals surface area contributed by atoms with Crippen LogP contribution in [0.1, 0.15) is 13.3 Å². The summed E-state index contributed by atoms with van der Waals surface area (Å²) in [5.41, 5.74) is 2.48. The summed E-state index contributed by atoms with van der Waals surface area (Å²) in [7, 11) is -1.48. The highest BCUT2D eigenvalue weighted by Gasteiger charge is 2.30. The van der Waals surface area contributed by atoms with Crippen molar-refractivity contribution in [3.05, 3.63) is 35.6 Å². The number of imidazole rings is 1. The van der Waals surface area contributed by atoms with E-state index < -0.39 is 23.6 Å². The van der Waals surface area contributed by atoms with Crippen LogP contribution in [0, 0.1) is 0 Å². The van der Waals surface area contributed by atoms with E-state index >= 15 is 0 Å². The number of aliphatic imine (C=N–C) groups is 1. The summed E-state index contributed by atoms with van der Waals surface area (Å²) in [5.74, 6) is 0.328. The van der Waals surface area contributed by atoms with Gasteiger partial charge in [-0.3, -0.25) is 9.20 Å². The van der Waals surface area contributed by atoms with Crippen LogP contribution >= 0.6 is 0 Å². The van der Waals surface area contributed by atoms with Crippen molar-refractivity contribution in [3.8, 4) is 0 Å². The van der Waals surface area contributed by atoms with Crippen molar-refractivity contribution < 1.29 is 22.1 Å². The molecule has 0 bridgehead atoms. The molecule has 1 atom stereocenters. The minimum atomic E-state index is -4.39. The third kappa shape index (κ3) is 4.28. The third-order valence-electron chi connectivity index (χ3n) is 3.75. The number of dihydropyridines is 1. The van der Waals surface area contributed by atoms with Gasteiger partial charge >= 0.3 is 6.18 Å². The molecule has 1 aliphatic rings. The lowest BCUT2D eigenvalue weighted by Gasteiger charge is -2.19. The maximum Gasteiger partial charge on any atom is 0.422 e. The van der Waals surface area contributed by atoms with Gasteiger partial charge in [-0.15, -0.1) is 0 Å². The van der Waals surface area contributed by atoms with Gasteiger partial charge in [0.2, 0.25) is 0 Å². The molecule has 1 N–H and O–H groups in total. The topological polar surface area (TPSA) is 67.3 Å². The summed E-state index contributed by atoms with van der Waals surface area (Å²) in [6, 6.07) is 7.31. The number of rotatable bonds is 5. The minimum Gasteiger partial charge on any atom is -0.488 e. The van der Waals surface area contributed by atoms with Gasteiger partial charge in [0.15, 0.2) is 11.8 Å². The number of nitrogens with zero attached hydrogens (tertiary/aromatic N) is 2. The molecular weight excluding hydrogens is 355 g/mol. The Balaban J connectivity index is 1.73. The lowest BCUT2D eigenvalue weighted by atomic mass is 10.1. The molecular formula is C16H16F3N3O2S. The van der Waals surface area contributed by atoms with Crippen molar-refractivity contribution in [1.29, 1.82) is 0 Å². The van der Waals surface area contributed by atoms with Crippen molar-refractivity contribution >= 4 is 27.5 Å². The lowest BCUT2D eigenvalue weighted by molar-refractivity contribution is -0.165. The van der Waals surface area contributed by atoms with Crippen molar-refractivity contribution in [2.45, 2.75) is 24.7 Å². The van der Waals surface area contributed by atoms with E-state index in [1.165, 1.54) is 0 Å². The van der Waals surface area contributed by atoms with Crippen LogP contribution in [0.2, 0.25) is 0 Å². The Morgan fingerprint density at radius 2 is 2.08 bits per heavy atom. The molecule has 2 heterocycles. The molecule has 0 aliphatic carbocycles. The van der Waals surface area contributed by atoms with E-state index in [0.29, 0.717) is 34.9 Å². The molecule has 1 aliphatic heterocycles. The van der Waals surface area contributed by atoms with Crippen LogP contribution in [0.4, 0.5) is 13.2 Å². The van der Waals surface area contributed by atoms with Gasteiger partial charge in [0.25, 0.3) is 0 Å². The van der Waals surface area contributed by atoms with Crippen LogP contribution in [-0.2, 0) is 15.5 Å². The Hall–Kier alpha value is -2.16. The van der Waals surface area contributed by atoms with E-state index in [4.69, 9.17) is 4.74 Å². The first-order chi connectivity index (χ1) is 11.8. The first-order valence-corrected chi connectivity index (χ1v) is 8.91. The molecule has 0 fully saturated rings. The number of allylic oxidation sites excluding steroid dienone is 1. The molecule has 3 rings (SSSR count). The van der Waals surface area contributed by atoms with Crippen LogP contribution in [0.25, 0.3) is 11.0 Å². The number of hydrogen-bond acceptors (Lipinski definition) is 4. The first-order valence-electron chi connectivity index (χ1n) is 7.59. The Kier molecular flexibility index (Phi) is 4.94.